The molecule has 0 saturated heterocycles. The maximum atomic E-state index is 11.5. The zero-order valence-corrected chi connectivity index (χ0v) is 10.7. The van der Waals surface area contributed by atoms with Gasteiger partial charge >= 0.3 is 5.97 Å². The van der Waals surface area contributed by atoms with Crippen LogP contribution in [0.2, 0.25) is 0 Å². The summed E-state index contributed by atoms with van der Waals surface area (Å²) in [5.74, 6) is -0.491. The Morgan fingerprint density at radius 2 is 2.06 bits per heavy atom. The van der Waals surface area contributed by atoms with Crippen molar-refractivity contribution in [3.63, 3.8) is 0 Å². The van der Waals surface area contributed by atoms with Crippen molar-refractivity contribution in [3.8, 4) is 0 Å². The van der Waals surface area contributed by atoms with E-state index in [0.29, 0.717) is 25.2 Å². The molecule has 5 nitrogen and oxygen atoms in total. The third-order valence-electron chi connectivity index (χ3n) is 4.06. The van der Waals surface area contributed by atoms with E-state index < -0.39 is 27.6 Å². The molecular weight excluding hydrogens is 244 g/mol. The van der Waals surface area contributed by atoms with E-state index >= 15 is 0 Å². The molecule has 0 aromatic heterocycles. The fourth-order valence-corrected chi connectivity index (χ4v) is 4.01. The van der Waals surface area contributed by atoms with Crippen molar-refractivity contribution in [1.82, 2.24) is 0 Å². The molecule has 2 bridgehead atoms. The van der Waals surface area contributed by atoms with Crippen LogP contribution in [0.15, 0.2) is 0 Å². The van der Waals surface area contributed by atoms with Crippen molar-refractivity contribution in [3.05, 3.63) is 0 Å². The highest BCUT2D eigenvalue weighted by Crippen LogP contribution is 2.50. The van der Waals surface area contributed by atoms with Gasteiger partial charge in [-0.25, -0.2) is 0 Å². The molecule has 2 saturated carbocycles. The topological polar surface area (TPSA) is 80.7 Å². The summed E-state index contributed by atoms with van der Waals surface area (Å²) in [6, 6.07) is 0. The van der Waals surface area contributed by atoms with Gasteiger partial charge in [-0.15, -0.1) is 0 Å². The second-order valence-corrected chi connectivity index (χ2v) is 6.89. The third kappa shape index (κ3) is 2.47. The summed E-state index contributed by atoms with van der Waals surface area (Å²) >= 11 is 0. The minimum atomic E-state index is -3.60. The first-order valence-electron chi connectivity index (χ1n) is 5.95. The van der Waals surface area contributed by atoms with Crippen molar-refractivity contribution in [2.45, 2.75) is 44.6 Å². The van der Waals surface area contributed by atoms with E-state index in [1.165, 1.54) is 0 Å². The Balaban J connectivity index is 2.27. The van der Waals surface area contributed by atoms with Gasteiger partial charge in [-0.2, -0.15) is 8.42 Å². The molecule has 0 aromatic carbocycles. The smallest absolute Gasteiger partial charge is 0.312 e. The van der Waals surface area contributed by atoms with Crippen molar-refractivity contribution in [2.75, 3.05) is 6.26 Å². The lowest BCUT2D eigenvalue weighted by atomic mass is 9.60. The van der Waals surface area contributed by atoms with Gasteiger partial charge in [0.2, 0.25) is 0 Å². The summed E-state index contributed by atoms with van der Waals surface area (Å²) in [5, 5.41) is 9.43. The largest absolute Gasteiger partial charge is 0.481 e. The maximum Gasteiger partial charge on any atom is 0.312 e. The summed E-state index contributed by atoms with van der Waals surface area (Å²) in [6.07, 6.45) is 4.69. The average molecular weight is 262 g/mol. The quantitative estimate of drug-likeness (QED) is 0.777. The summed E-state index contributed by atoms with van der Waals surface area (Å²) < 4.78 is 27.4. The van der Waals surface area contributed by atoms with E-state index in [4.69, 9.17) is 4.18 Å². The number of carboxylic acid groups (broad SMARTS) is 1. The Labute approximate surface area is 101 Å². The van der Waals surface area contributed by atoms with Crippen LogP contribution in [0.1, 0.15) is 38.5 Å². The van der Waals surface area contributed by atoms with Gasteiger partial charge in [0.15, 0.2) is 0 Å². The second-order valence-electron chi connectivity index (χ2n) is 5.29. The van der Waals surface area contributed by atoms with Gasteiger partial charge in [0.1, 0.15) is 0 Å². The number of aliphatic carboxylic acids is 1. The molecule has 0 spiro atoms. The van der Waals surface area contributed by atoms with Gasteiger partial charge in [0.05, 0.1) is 17.8 Å². The maximum absolute atomic E-state index is 11.5. The lowest BCUT2D eigenvalue weighted by Crippen LogP contribution is -2.51. The van der Waals surface area contributed by atoms with E-state index in [-0.39, 0.29) is 0 Å². The molecule has 2 rings (SSSR count). The van der Waals surface area contributed by atoms with E-state index in [0.717, 1.165) is 25.5 Å². The van der Waals surface area contributed by atoms with Crippen molar-refractivity contribution in [2.24, 2.45) is 11.3 Å². The molecule has 0 amide bonds. The molecule has 0 aromatic rings. The summed E-state index contributed by atoms with van der Waals surface area (Å²) in [7, 11) is -3.60. The molecular formula is C11H18O5S. The van der Waals surface area contributed by atoms with Gasteiger partial charge < -0.3 is 5.11 Å². The van der Waals surface area contributed by atoms with Crippen LogP contribution in [0.25, 0.3) is 0 Å². The highest BCUT2D eigenvalue weighted by Gasteiger charge is 2.53. The lowest BCUT2D eigenvalue weighted by molar-refractivity contribution is -0.164. The van der Waals surface area contributed by atoms with Crippen LogP contribution in [0.5, 0.6) is 0 Å². The number of carbonyl (C=O) groups is 1. The Hall–Kier alpha value is -0.620. The Bertz CT molecular complexity index is 416. The Morgan fingerprint density at radius 1 is 1.35 bits per heavy atom. The number of fused-ring (bicyclic) bond motifs is 2. The minimum absolute atomic E-state index is 0.416. The van der Waals surface area contributed by atoms with E-state index in [1.807, 2.05) is 0 Å². The first kappa shape index (κ1) is 12.8. The zero-order valence-electron chi connectivity index (χ0n) is 9.89. The SMILES string of the molecule is CS(=O)(=O)O[C@H]1CC[C@H]2CCC[C@]1(C(=O)O)C2. The van der Waals surface area contributed by atoms with E-state index in [1.54, 1.807) is 0 Å². The monoisotopic (exact) mass is 262 g/mol. The van der Waals surface area contributed by atoms with Crippen LogP contribution in [0, 0.1) is 11.3 Å². The highest BCUT2D eigenvalue weighted by atomic mass is 32.2. The summed E-state index contributed by atoms with van der Waals surface area (Å²) in [6.45, 7) is 0. The van der Waals surface area contributed by atoms with Crippen molar-refractivity contribution < 1.29 is 22.5 Å². The van der Waals surface area contributed by atoms with Gasteiger partial charge in [0, 0.05) is 0 Å². The van der Waals surface area contributed by atoms with Crippen LogP contribution in [0.4, 0.5) is 0 Å². The van der Waals surface area contributed by atoms with E-state index in [2.05, 4.69) is 0 Å². The molecule has 0 radical (unpaired) electrons. The molecule has 2 aliphatic carbocycles. The zero-order chi connectivity index (χ0) is 12.7. The normalized spacial score (nSPS) is 37.7. The Morgan fingerprint density at radius 3 is 2.65 bits per heavy atom. The average Bonchev–Trinajstić information content (AvgIpc) is 2.21. The van der Waals surface area contributed by atoms with Crippen LogP contribution >= 0.6 is 0 Å². The third-order valence-corrected chi connectivity index (χ3v) is 4.64. The highest BCUT2D eigenvalue weighted by molar-refractivity contribution is 7.86. The first-order chi connectivity index (χ1) is 7.83. The molecule has 98 valence electrons. The standard InChI is InChI=1S/C11H18O5S/c1-17(14,15)16-9-5-4-8-3-2-6-11(9,7-8)10(12)13/h8-9H,2-7H2,1H3,(H,12,13)/t8-,9+,11+/m1/s1. The molecule has 2 fully saturated rings. The minimum Gasteiger partial charge on any atom is -0.481 e. The van der Waals surface area contributed by atoms with Gasteiger partial charge in [-0.05, 0) is 31.6 Å². The number of hydrogen-bond acceptors (Lipinski definition) is 4. The fourth-order valence-electron chi connectivity index (χ4n) is 3.31. The fraction of sp³-hybridized carbons (Fsp3) is 0.909. The number of hydrogen-bond donors (Lipinski definition) is 1. The van der Waals surface area contributed by atoms with Crippen LogP contribution in [0.3, 0.4) is 0 Å². The van der Waals surface area contributed by atoms with Crippen LogP contribution in [-0.4, -0.2) is 31.9 Å². The molecule has 0 unspecified atom stereocenters. The van der Waals surface area contributed by atoms with Gasteiger partial charge in [-0.1, -0.05) is 12.8 Å². The summed E-state index contributed by atoms with van der Waals surface area (Å²) in [4.78, 5) is 11.5. The predicted molar refractivity (Wildman–Crippen MR) is 61.0 cm³/mol. The lowest BCUT2D eigenvalue weighted by Gasteiger charge is -2.46. The molecule has 3 atom stereocenters. The molecule has 17 heavy (non-hydrogen) atoms. The first-order valence-corrected chi connectivity index (χ1v) is 7.77. The van der Waals surface area contributed by atoms with Crippen molar-refractivity contribution in [1.29, 1.82) is 0 Å². The number of carboxylic acids is 1. The Kier molecular flexibility index (Phi) is 3.20. The molecule has 2 aliphatic rings. The van der Waals surface area contributed by atoms with E-state index in [9.17, 15) is 18.3 Å². The molecule has 1 N–H and O–H groups in total. The molecule has 6 heteroatoms. The van der Waals surface area contributed by atoms with Crippen LogP contribution in [-0.2, 0) is 19.1 Å². The second kappa shape index (κ2) is 4.24. The molecule has 0 heterocycles. The van der Waals surface area contributed by atoms with Crippen molar-refractivity contribution >= 4 is 16.1 Å². The summed E-state index contributed by atoms with van der Waals surface area (Å²) in [5.41, 5.74) is -0.982. The van der Waals surface area contributed by atoms with Gasteiger partial charge in [0.25, 0.3) is 10.1 Å². The predicted octanol–water partition coefficient (Wildman–Crippen LogP) is 1.39. The van der Waals surface area contributed by atoms with Gasteiger partial charge in [-0.3, -0.25) is 8.98 Å². The molecule has 0 aliphatic heterocycles. The van der Waals surface area contributed by atoms with Crippen LogP contribution < -0.4 is 0 Å². The number of rotatable bonds is 3.